The molecule has 2 rings (SSSR count). The molecule has 0 aliphatic carbocycles. The van der Waals surface area contributed by atoms with Crippen LogP contribution in [0.2, 0.25) is 0 Å². The fourth-order valence-corrected chi connectivity index (χ4v) is 2.84. The number of hydrogen-bond donors (Lipinski definition) is 2. The highest BCUT2D eigenvalue weighted by atomic mass is 32.2. The number of benzene rings is 2. The van der Waals surface area contributed by atoms with Gasteiger partial charge in [0.2, 0.25) is 0 Å². The van der Waals surface area contributed by atoms with Gasteiger partial charge in [-0.25, -0.2) is 8.42 Å². The van der Waals surface area contributed by atoms with Gasteiger partial charge in [-0.15, -0.1) is 0 Å². The monoisotopic (exact) mass is 292 g/mol. The summed E-state index contributed by atoms with van der Waals surface area (Å²) in [6, 6.07) is 13.0. The van der Waals surface area contributed by atoms with Gasteiger partial charge in [0.05, 0.1) is 17.2 Å². The second kappa shape index (κ2) is 5.83. The zero-order chi connectivity index (χ0) is 14.6. The van der Waals surface area contributed by atoms with Crippen LogP contribution in [-0.4, -0.2) is 15.0 Å². The Hall–Kier alpha value is -2.21. The maximum atomic E-state index is 12.3. The average Bonchev–Trinajstić information content (AvgIpc) is 2.41. The van der Waals surface area contributed by atoms with E-state index in [4.69, 9.17) is 10.5 Å². The van der Waals surface area contributed by atoms with E-state index < -0.39 is 10.0 Å². The number of para-hydroxylation sites is 2. The zero-order valence-corrected chi connectivity index (χ0v) is 11.9. The van der Waals surface area contributed by atoms with Gasteiger partial charge in [-0.1, -0.05) is 18.2 Å². The molecule has 0 aliphatic rings. The Bertz CT molecular complexity index is 699. The summed E-state index contributed by atoms with van der Waals surface area (Å²) < 4.78 is 32.5. The van der Waals surface area contributed by atoms with Crippen LogP contribution in [0.5, 0.6) is 5.75 Å². The molecule has 2 aromatic rings. The van der Waals surface area contributed by atoms with E-state index in [0.29, 0.717) is 23.7 Å². The predicted molar refractivity (Wildman–Crippen MR) is 79.3 cm³/mol. The summed E-state index contributed by atoms with van der Waals surface area (Å²) in [5.74, 6) is 0.488. The largest absolute Gasteiger partial charge is 0.492 e. The van der Waals surface area contributed by atoms with Crippen molar-refractivity contribution in [2.75, 3.05) is 17.1 Å². The normalized spacial score (nSPS) is 11.1. The Kier molecular flexibility index (Phi) is 4.14. The highest BCUT2D eigenvalue weighted by Crippen LogP contribution is 2.26. The van der Waals surface area contributed by atoms with Crippen molar-refractivity contribution in [3.63, 3.8) is 0 Å². The summed E-state index contributed by atoms with van der Waals surface area (Å²) >= 11 is 0. The van der Waals surface area contributed by atoms with Gasteiger partial charge in [0.15, 0.2) is 0 Å². The van der Waals surface area contributed by atoms with E-state index in [0.717, 1.165) is 0 Å². The van der Waals surface area contributed by atoms with E-state index >= 15 is 0 Å². The van der Waals surface area contributed by atoms with Crippen molar-refractivity contribution in [2.24, 2.45) is 0 Å². The molecule has 6 heteroatoms. The number of nitrogen functional groups attached to an aromatic ring is 1. The molecular weight excluding hydrogens is 276 g/mol. The maximum absolute atomic E-state index is 12.3. The van der Waals surface area contributed by atoms with Crippen LogP contribution < -0.4 is 15.2 Å². The molecule has 0 fully saturated rings. The van der Waals surface area contributed by atoms with Crippen LogP contribution in [0.4, 0.5) is 11.4 Å². The molecular formula is C14H16N2O3S. The van der Waals surface area contributed by atoms with Crippen LogP contribution >= 0.6 is 0 Å². The molecule has 0 aliphatic heterocycles. The van der Waals surface area contributed by atoms with Gasteiger partial charge in [-0.05, 0) is 37.3 Å². The SMILES string of the molecule is CCOc1ccccc1NS(=O)(=O)c1cccc(N)c1. The fourth-order valence-electron chi connectivity index (χ4n) is 1.72. The molecule has 5 nitrogen and oxygen atoms in total. The van der Waals surface area contributed by atoms with Gasteiger partial charge in [-0.3, -0.25) is 4.72 Å². The molecule has 0 saturated carbocycles. The zero-order valence-electron chi connectivity index (χ0n) is 11.0. The predicted octanol–water partition coefficient (Wildman–Crippen LogP) is 2.47. The second-order valence-electron chi connectivity index (χ2n) is 4.11. The van der Waals surface area contributed by atoms with E-state index in [1.807, 2.05) is 6.92 Å². The Morgan fingerprint density at radius 2 is 1.90 bits per heavy atom. The molecule has 0 bridgehead atoms. The van der Waals surface area contributed by atoms with Gasteiger partial charge in [-0.2, -0.15) is 0 Å². The van der Waals surface area contributed by atoms with Crippen LogP contribution in [0.3, 0.4) is 0 Å². The molecule has 3 N–H and O–H groups in total. The molecule has 0 saturated heterocycles. The molecule has 0 atom stereocenters. The van der Waals surface area contributed by atoms with E-state index in [1.54, 1.807) is 36.4 Å². The van der Waals surface area contributed by atoms with Crippen molar-refractivity contribution in [1.82, 2.24) is 0 Å². The first kappa shape index (κ1) is 14.2. The first-order chi connectivity index (χ1) is 9.53. The molecule has 20 heavy (non-hydrogen) atoms. The van der Waals surface area contributed by atoms with Crippen molar-refractivity contribution in [1.29, 1.82) is 0 Å². The van der Waals surface area contributed by atoms with Crippen LogP contribution in [-0.2, 0) is 10.0 Å². The first-order valence-electron chi connectivity index (χ1n) is 6.13. The average molecular weight is 292 g/mol. The Labute approximate surface area is 118 Å². The molecule has 0 radical (unpaired) electrons. The van der Waals surface area contributed by atoms with Crippen molar-refractivity contribution >= 4 is 21.4 Å². The van der Waals surface area contributed by atoms with E-state index in [-0.39, 0.29) is 4.90 Å². The Morgan fingerprint density at radius 1 is 1.15 bits per heavy atom. The molecule has 2 aromatic carbocycles. The number of nitrogens with one attached hydrogen (secondary N) is 1. The van der Waals surface area contributed by atoms with E-state index in [2.05, 4.69) is 4.72 Å². The number of sulfonamides is 1. The highest BCUT2D eigenvalue weighted by Gasteiger charge is 2.16. The highest BCUT2D eigenvalue weighted by molar-refractivity contribution is 7.92. The summed E-state index contributed by atoms with van der Waals surface area (Å²) in [4.78, 5) is 0.115. The third kappa shape index (κ3) is 3.21. The smallest absolute Gasteiger partial charge is 0.262 e. The van der Waals surface area contributed by atoms with Crippen LogP contribution in [0, 0.1) is 0 Å². The number of anilines is 2. The number of hydrogen-bond acceptors (Lipinski definition) is 4. The molecule has 0 aromatic heterocycles. The van der Waals surface area contributed by atoms with Crippen molar-refractivity contribution in [3.8, 4) is 5.75 Å². The van der Waals surface area contributed by atoms with E-state index in [9.17, 15) is 8.42 Å². The minimum atomic E-state index is -3.69. The van der Waals surface area contributed by atoms with Crippen molar-refractivity contribution < 1.29 is 13.2 Å². The van der Waals surface area contributed by atoms with Gasteiger partial charge < -0.3 is 10.5 Å². The van der Waals surface area contributed by atoms with Gasteiger partial charge in [0, 0.05) is 5.69 Å². The quantitative estimate of drug-likeness (QED) is 0.829. The van der Waals surface area contributed by atoms with E-state index in [1.165, 1.54) is 12.1 Å². The minimum Gasteiger partial charge on any atom is -0.492 e. The fraction of sp³-hybridized carbons (Fsp3) is 0.143. The molecule has 0 amide bonds. The number of nitrogens with two attached hydrogens (primary N) is 1. The second-order valence-corrected chi connectivity index (χ2v) is 5.79. The summed E-state index contributed by atoms with van der Waals surface area (Å²) in [5, 5.41) is 0. The summed E-state index contributed by atoms with van der Waals surface area (Å²) in [7, 11) is -3.69. The molecule has 0 spiro atoms. The number of rotatable bonds is 5. The third-order valence-electron chi connectivity index (χ3n) is 2.60. The lowest BCUT2D eigenvalue weighted by molar-refractivity contribution is 0.342. The van der Waals surface area contributed by atoms with Gasteiger partial charge in [0.1, 0.15) is 5.75 Å². The van der Waals surface area contributed by atoms with Crippen LogP contribution in [0.25, 0.3) is 0 Å². The Balaban J connectivity index is 2.34. The lowest BCUT2D eigenvalue weighted by Crippen LogP contribution is -2.14. The first-order valence-corrected chi connectivity index (χ1v) is 7.61. The third-order valence-corrected chi connectivity index (χ3v) is 3.96. The number of ether oxygens (including phenoxy) is 1. The minimum absolute atomic E-state index is 0.115. The molecule has 0 heterocycles. The molecule has 106 valence electrons. The molecule has 0 unspecified atom stereocenters. The van der Waals surface area contributed by atoms with Crippen LogP contribution in [0.1, 0.15) is 6.92 Å². The Morgan fingerprint density at radius 3 is 2.60 bits per heavy atom. The lowest BCUT2D eigenvalue weighted by atomic mass is 10.3. The van der Waals surface area contributed by atoms with Crippen molar-refractivity contribution in [2.45, 2.75) is 11.8 Å². The summed E-state index contributed by atoms with van der Waals surface area (Å²) in [5.41, 5.74) is 6.40. The van der Waals surface area contributed by atoms with Crippen molar-refractivity contribution in [3.05, 3.63) is 48.5 Å². The van der Waals surface area contributed by atoms with Crippen LogP contribution in [0.15, 0.2) is 53.4 Å². The summed E-state index contributed by atoms with van der Waals surface area (Å²) in [6.45, 7) is 2.29. The van der Waals surface area contributed by atoms with Gasteiger partial charge in [0.25, 0.3) is 10.0 Å². The summed E-state index contributed by atoms with van der Waals surface area (Å²) in [6.07, 6.45) is 0. The lowest BCUT2D eigenvalue weighted by Gasteiger charge is -2.12. The maximum Gasteiger partial charge on any atom is 0.262 e. The standard InChI is InChI=1S/C14H16N2O3S/c1-2-19-14-9-4-3-8-13(14)16-20(17,18)12-7-5-6-11(15)10-12/h3-10,16H,2,15H2,1H3. The topological polar surface area (TPSA) is 81.4 Å². The van der Waals surface area contributed by atoms with Gasteiger partial charge >= 0.3 is 0 Å².